The SMILES string of the molecule is CCCCCC/C=C\C=C/CCCCCCCC(=O)O[C@H](COC(=O)CCCCCCCCCCCCCCC(C)C)COP(=O)(O)OCC(O)COP(=O)(O)OC[C@@H](COC(=O)CCCCCCCCC(C)C)OC(=O)CCCCCCCCCCCCCCCCCCCCC(C)C. The van der Waals surface area contributed by atoms with Crippen LogP contribution in [0.15, 0.2) is 24.3 Å². The fourth-order valence-corrected chi connectivity index (χ4v) is 13.5. The Labute approximate surface area is 612 Å². The number of phosphoric acid groups is 2. The highest BCUT2D eigenvalue weighted by Gasteiger charge is 2.30. The number of esters is 4. The van der Waals surface area contributed by atoms with Crippen molar-refractivity contribution in [3.63, 3.8) is 0 Å². The first-order valence-corrected chi connectivity index (χ1v) is 44.2. The fourth-order valence-electron chi connectivity index (χ4n) is 11.9. The molecule has 0 heterocycles. The van der Waals surface area contributed by atoms with Gasteiger partial charge in [-0.2, -0.15) is 0 Å². The molecule has 0 aromatic carbocycles. The van der Waals surface area contributed by atoms with Crippen LogP contribution in [0, 0.1) is 17.8 Å². The summed E-state index contributed by atoms with van der Waals surface area (Å²) in [4.78, 5) is 72.9. The van der Waals surface area contributed by atoms with Gasteiger partial charge in [-0.05, 0) is 69.1 Å². The largest absolute Gasteiger partial charge is 0.472 e. The highest BCUT2D eigenvalue weighted by atomic mass is 31.2. The topological polar surface area (TPSA) is 237 Å². The quantitative estimate of drug-likeness (QED) is 0.0169. The molecule has 0 amide bonds. The molecular formula is C81H154O17P2. The summed E-state index contributed by atoms with van der Waals surface area (Å²) >= 11 is 0. The molecule has 19 heteroatoms. The Morgan fingerprint density at radius 3 is 0.810 bits per heavy atom. The van der Waals surface area contributed by atoms with Crippen molar-refractivity contribution in [3.05, 3.63) is 24.3 Å². The summed E-state index contributed by atoms with van der Waals surface area (Å²) in [7, 11) is -9.93. The summed E-state index contributed by atoms with van der Waals surface area (Å²) < 4.78 is 68.6. The maximum Gasteiger partial charge on any atom is 0.472 e. The van der Waals surface area contributed by atoms with Crippen LogP contribution in [-0.2, 0) is 65.4 Å². The summed E-state index contributed by atoms with van der Waals surface area (Å²) in [5.74, 6) is 0.132. The highest BCUT2D eigenvalue weighted by molar-refractivity contribution is 7.47. The third-order valence-corrected chi connectivity index (χ3v) is 20.2. The van der Waals surface area contributed by atoms with Gasteiger partial charge in [0, 0.05) is 25.7 Å². The maximum absolute atomic E-state index is 13.1. The van der Waals surface area contributed by atoms with Crippen LogP contribution in [0.25, 0.3) is 0 Å². The van der Waals surface area contributed by atoms with Crippen LogP contribution < -0.4 is 0 Å². The maximum atomic E-state index is 13.1. The smallest absolute Gasteiger partial charge is 0.462 e. The highest BCUT2D eigenvalue weighted by Crippen LogP contribution is 2.45. The molecule has 590 valence electrons. The van der Waals surface area contributed by atoms with Crippen LogP contribution >= 0.6 is 15.6 Å². The van der Waals surface area contributed by atoms with E-state index in [0.29, 0.717) is 31.6 Å². The predicted octanol–water partition coefficient (Wildman–Crippen LogP) is 23.7. The first-order valence-electron chi connectivity index (χ1n) is 41.2. The molecule has 0 aliphatic rings. The van der Waals surface area contributed by atoms with E-state index in [9.17, 15) is 43.2 Å². The second kappa shape index (κ2) is 70.8. The van der Waals surface area contributed by atoms with Gasteiger partial charge >= 0.3 is 39.5 Å². The molecular weight excluding hydrogens is 1310 g/mol. The number of carbonyl (C=O) groups excluding carboxylic acids is 4. The number of ether oxygens (including phenoxy) is 4. The summed E-state index contributed by atoms with van der Waals surface area (Å²) in [6, 6.07) is 0. The van der Waals surface area contributed by atoms with E-state index < -0.39 is 97.5 Å². The molecule has 0 spiro atoms. The van der Waals surface area contributed by atoms with E-state index in [4.69, 9.17) is 37.0 Å². The molecule has 0 radical (unpaired) electrons. The fraction of sp³-hybridized carbons (Fsp3) is 0.901. The monoisotopic (exact) mass is 1460 g/mol. The lowest BCUT2D eigenvalue weighted by Gasteiger charge is -2.21. The van der Waals surface area contributed by atoms with E-state index in [-0.39, 0.29) is 25.7 Å². The molecule has 0 saturated heterocycles. The summed E-state index contributed by atoms with van der Waals surface area (Å²) in [5, 5.41) is 10.6. The molecule has 5 atom stereocenters. The lowest BCUT2D eigenvalue weighted by molar-refractivity contribution is -0.161. The second-order valence-corrected chi connectivity index (χ2v) is 32.8. The summed E-state index contributed by atoms with van der Waals surface area (Å²) in [6.45, 7) is 11.8. The van der Waals surface area contributed by atoms with Gasteiger partial charge in [0.2, 0.25) is 0 Å². The van der Waals surface area contributed by atoms with Crippen LogP contribution in [0.4, 0.5) is 0 Å². The third kappa shape index (κ3) is 73.8. The minimum absolute atomic E-state index is 0.0848. The van der Waals surface area contributed by atoms with Crippen molar-refractivity contribution in [2.24, 2.45) is 17.8 Å². The van der Waals surface area contributed by atoms with Gasteiger partial charge in [0.25, 0.3) is 0 Å². The summed E-state index contributed by atoms with van der Waals surface area (Å²) in [6.07, 6.45) is 62.1. The number of carbonyl (C=O) groups is 4. The Morgan fingerprint density at radius 2 is 0.540 bits per heavy atom. The van der Waals surface area contributed by atoms with Crippen molar-refractivity contribution in [2.75, 3.05) is 39.6 Å². The zero-order valence-electron chi connectivity index (χ0n) is 65.2. The molecule has 0 rings (SSSR count). The average molecular weight is 1460 g/mol. The van der Waals surface area contributed by atoms with Crippen molar-refractivity contribution in [3.8, 4) is 0 Å². The van der Waals surface area contributed by atoms with Gasteiger partial charge < -0.3 is 33.8 Å². The van der Waals surface area contributed by atoms with Crippen molar-refractivity contribution in [1.29, 1.82) is 0 Å². The second-order valence-electron chi connectivity index (χ2n) is 29.9. The molecule has 0 bridgehead atoms. The Morgan fingerprint density at radius 1 is 0.310 bits per heavy atom. The van der Waals surface area contributed by atoms with E-state index in [1.54, 1.807) is 0 Å². The molecule has 0 aromatic rings. The standard InChI is InChI=1S/C81H154O17P2/c1-8-9-10-11-12-13-14-15-20-24-31-36-41-50-57-64-80(85)97-76(68-91-78(83)62-55-48-40-35-30-27-26-29-34-39-46-53-60-73(4)5)70-95-99(87,88)93-66-75(82)67-94-100(89,90)96-71-77(69-92-79(84)63-56-49-44-43-47-54-61-74(6)7)98-81(86)65-58-51-42-37-32-25-22-19-17-16-18-21-23-28-33-38-45-52-59-72(2)3/h13-15,20,72-77,82H,8-12,16-19,21-71H2,1-7H3,(H,87,88)(H,89,90)/b14-13-,20-15-/t75?,76-,77-/m1/s1. The van der Waals surface area contributed by atoms with Crippen molar-refractivity contribution in [2.45, 2.75) is 414 Å². The van der Waals surface area contributed by atoms with E-state index in [1.165, 1.54) is 186 Å². The van der Waals surface area contributed by atoms with Gasteiger partial charge in [-0.15, -0.1) is 0 Å². The predicted molar refractivity (Wildman–Crippen MR) is 409 cm³/mol. The Hall–Kier alpha value is -2.46. The molecule has 3 N–H and O–H groups in total. The van der Waals surface area contributed by atoms with Crippen LogP contribution in [0.3, 0.4) is 0 Å². The first kappa shape index (κ1) is 97.5. The lowest BCUT2D eigenvalue weighted by Crippen LogP contribution is -2.30. The van der Waals surface area contributed by atoms with E-state index in [1.807, 2.05) is 0 Å². The van der Waals surface area contributed by atoms with Gasteiger partial charge in [0.1, 0.15) is 19.3 Å². The van der Waals surface area contributed by atoms with Crippen LogP contribution in [0.5, 0.6) is 0 Å². The third-order valence-electron chi connectivity index (χ3n) is 18.3. The number of hydrogen-bond donors (Lipinski definition) is 3. The van der Waals surface area contributed by atoms with Crippen molar-refractivity contribution < 1.29 is 80.2 Å². The lowest BCUT2D eigenvalue weighted by atomic mass is 10.0. The molecule has 100 heavy (non-hydrogen) atoms. The Kier molecular flexibility index (Phi) is 69.1. The molecule has 0 aliphatic heterocycles. The molecule has 0 aromatic heterocycles. The number of aliphatic hydroxyl groups is 1. The van der Waals surface area contributed by atoms with Gasteiger partial charge in [-0.3, -0.25) is 37.3 Å². The van der Waals surface area contributed by atoms with Crippen molar-refractivity contribution >= 4 is 39.5 Å². The summed E-state index contributed by atoms with van der Waals surface area (Å²) in [5.41, 5.74) is 0. The molecule has 17 nitrogen and oxygen atoms in total. The minimum Gasteiger partial charge on any atom is -0.462 e. The van der Waals surface area contributed by atoms with Crippen LogP contribution in [-0.4, -0.2) is 96.7 Å². The van der Waals surface area contributed by atoms with Gasteiger partial charge in [0.05, 0.1) is 26.4 Å². The van der Waals surface area contributed by atoms with Crippen LogP contribution in [0.1, 0.15) is 395 Å². The Balaban J connectivity index is 5.22. The number of allylic oxidation sites excluding steroid dienone is 4. The van der Waals surface area contributed by atoms with Gasteiger partial charge in [0.15, 0.2) is 12.2 Å². The number of rotatable bonds is 77. The molecule has 0 aliphatic carbocycles. The average Bonchev–Trinajstić information content (AvgIpc) is 0.930. The van der Waals surface area contributed by atoms with Gasteiger partial charge in [-0.25, -0.2) is 9.13 Å². The number of unbranched alkanes of at least 4 members (excludes halogenated alkanes) is 42. The number of hydrogen-bond acceptors (Lipinski definition) is 15. The normalized spacial score (nSPS) is 14.1. The van der Waals surface area contributed by atoms with Crippen molar-refractivity contribution in [1.82, 2.24) is 0 Å². The van der Waals surface area contributed by atoms with E-state index in [2.05, 4.69) is 72.8 Å². The number of phosphoric ester groups is 2. The molecule has 3 unspecified atom stereocenters. The zero-order chi connectivity index (χ0) is 73.7. The van der Waals surface area contributed by atoms with Crippen LogP contribution in [0.2, 0.25) is 0 Å². The first-order chi connectivity index (χ1) is 48.2. The number of aliphatic hydroxyl groups excluding tert-OH is 1. The van der Waals surface area contributed by atoms with Gasteiger partial charge in [-0.1, -0.05) is 342 Å². The molecule has 0 saturated carbocycles. The van der Waals surface area contributed by atoms with E-state index >= 15 is 0 Å². The zero-order valence-corrected chi connectivity index (χ0v) is 66.9. The Bertz CT molecular complexity index is 2030. The van der Waals surface area contributed by atoms with E-state index in [0.717, 1.165) is 121 Å². The minimum atomic E-state index is -4.97. The molecule has 0 fully saturated rings.